The highest BCUT2D eigenvalue weighted by Gasteiger charge is 2.24. The fourth-order valence-corrected chi connectivity index (χ4v) is 4.18. The molecule has 0 saturated carbocycles. The van der Waals surface area contributed by atoms with Gasteiger partial charge in [-0.05, 0) is 31.7 Å². The van der Waals surface area contributed by atoms with E-state index in [9.17, 15) is 0 Å². The van der Waals surface area contributed by atoms with Crippen LogP contribution in [-0.2, 0) is 6.54 Å². The van der Waals surface area contributed by atoms with Gasteiger partial charge in [0.1, 0.15) is 0 Å². The standard InChI is InChI=1S/C16H27N5S/c1-3-13-7-19-21(10-13)11-14-5-4-6-20(9-14)12-15-8-18-16(17-2)22-15/h7-8,13-14H,3-6,9-12H2,1-2H3,(H,17,18). The van der Waals surface area contributed by atoms with Gasteiger partial charge in [0.15, 0.2) is 5.13 Å². The van der Waals surface area contributed by atoms with Crippen LogP contribution < -0.4 is 5.32 Å². The zero-order chi connectivity index (χ0) is 15.4. The van der Waals surface area contributed by atoms with Gasteiger partial charge in [-0.1, -0.05) is 6.92 Å². The van der Waals surface area contributed by atoms with Crippen molar-refractivity contribution in [1.82, 2.24) is 14.9 Å². The van der Waals surface area contributed by atoms with Crippen LogP contribution in [0.3, 0.4) is 0 Å². The van der Waals surface area contributed by atoms with E-state index in [1.54, 1.807) is 11.3 Å². The third kappa shape index (κ3) is 3.98. The molecule has 0 spiro atoms. The minimum atomic E-state index is 0.664. The van der Waals surface area contributed by atoms with Crippen molar-refractivity contribution in [2.45, 2.75) is 32.7 Å². The number of nitrogens with one attached hydrogen (secondary N) is 1. The monoisotopic (exact) mass is 321 g/mol. The predicted octanol–water partition coefficient (Wildman–Crippen LogP) is 2.72. The highest BCUT2D eigenvalue weighted by atomic mass is 32.1. The molecule has 0 bridgehead atoms. The van der Waals surface area contributed by atoms with Crippen LogP contribution >= 0.6 is 11.3 Å². The molecule has 2 atom stereocenters. The van der Waals surface area contributed by atoms with E-state index >= 15 is 0 Å². The van der Waals surface area contributed by atoms with Gasteiger partial charge < -0.3 is 5.32 Å². The number of thiazole rings is 1. The van der Waals surface area contributed by atoms with Gasteiger partial charge in [-0.15, -0.1) is 11.3 Å². The van der Waals surface area contributed by atoms with Crippen LogP contribution in [0, 0.1) is 11.8 Å². The smallest absolute Gasteiger partial charge is 0.182 e. The average molecular weight is 321 g/mol. The molecule has 2 aliphatic heterocycles. The second-order valence-electron chi connectivity index (χ2n) is 6.43. The Bertz CT molecular complexity index is 500. The molecule has 6 heteroatoms. The van der Waals surface area contributed by atoms with E-state index in [0.29, 0.717) is 5.92 Å². The molecule has 2 unspecified atom stereocenters. The Kier molecular flexibility index (Phi) is 5.31. The second kappa shape index (κ2) is 7.42. The van der Waals surface area contributed by atoms with Crippen LogP contribution in [-0.4, -0.2) is 54.3 Å². The zero-order valence-corrected chi connectivity index (χ0v) is 14.5. The molecule has 122 valence electrons. The van der Waals surface area contributed by atoms with E-state index in [0.717, 1.165) is 30.7 Å². The summed E-state index contributed by atoms with van der Waals surface area (Å²) in [6.45, 7) is 7.93. The number of likely N-dealkylation sites (tertiary alicyclic amines) is 1. The molecule has 3 rings (SSSR count). The number of anilines is 1. The Morgan fingerprint density at radius 1 is 1.41 bits per heavy atom. The molecule has 0 aromatic carbocycles. The molecule has 0 radical (unpaired) electrons. The minimum absolute atomic E-state index is 0.664. The summed E-state index contributed by atoms with van der Waals surface area (Å²) >= 11 is 1.77. The summed E-state index contributed by atoms with van der Waals surface area (Å²) in [6.07, 6.45) is 7.99. The molecule has 1 aromatic heterocycles. The fraction of sp³-hybridized carbons (Fsp3) is 0.750. The second-order valence-corrected chi connectivity index (χ2v) is 7.54. The van der Waals surface area contributed by atoms with Gasteiger partial charge in [0.05, 0.1) is 0 Å². The zero-order valence-electron chi connectivity index (χ0n) is 13.7. The van der Waals surface area contributed by atoms with Gasteiger partial charge in [-0.3, -0.25) is 9.91 Å². The lowest BCUT2D eigenvalue weighted by Gasteiger charge is -2.34. The molecule has 0 aliphatic carbocycles. The molecular formula is C16H27N5S. The number of aromatic nitrogens is 1. The van der Waals surface area contributed by atoms with Gasteiger partial charge in [-0.2, -0.15) is 5.10 Å². The Balaban J connectivity index is 1.48. The summed E-state index contributed by atoms with van der Waals surface area (Å²) in [6, 6.07) is 0. The van der Waals surface area contributed by atoms with Gasteiger partial charge in [0.25, 0.3) is 0 Å². The number of hydrogen-bond acceptors (Lipinski definition) is 6. The summed E-state index contributed by atoms with van der Waals surface area (Å²) in [5.74, 6) is 1.41. The van der Waals surface area contributed by atoms with Gasteiger partial charge in [0, 0.05) is 56.4 Å². The van der Waals surface area contributed by atoms with Crippen molar-refractivity contribution in [2.75, 3.05) is 38.5 Å². The fourth-order valence-electron chi connectivity index (χ4n) is 3.37. The first-order chi connectivity index (χ1) is 10.8. The molecular weight excluding hydrogens is 294 g/mol. The van der Waals surface area contributed by atoms with Crippen LogP contribution in [0.15, 0.2) is 11.3 Å². The van der Waals surface area contributed by atoms with Crippen molar-refractivity contribution < 1.29 is 0 Å². The lowest BCUT2D eigenvalue weighted by atomic mass is 9.97. The Hall–Kier alpha value is -1.14. The summed E-state index contributed by atoms with van der Waals surface area (Å²) in [7, 11) is 1.93. The third-order valence-electron chi connectivity index (χ3n) is 4.63. The van der Waals surface area contributed by atoms with Crippen LogP contribution in [0.2, 0.25) is 0 Å². The SMILES string of the molecule is CCC1C=NN(CC2CCCN(Cc3cnc(NC)s3)C2)C1. The highest BCUT2D eigenvalue weighted by Crippen LogP contribution is 2.24. The minimum Gasteiger partial charge on any atom is -0.365 e. The molecule has 2 aliphatic rings. The van der Waals surface area contributed by atoms with E-state index in [1.165, 1.54) is 37.2 Å². The van der Waals surface area contributed by atoms with Crippen LogP contribution in [0.1, 0.15) is 31.1 Å². The van der Waals surface area contributed by atoms with Crippen molar-refractivity contribution in [3.63, 3.8) is 0 Å². The lowest BCUT2D eigenvalue weighted by molar-refractivity contribution is 0.132. The topological polar surface area (TPSA) is 43.8 Å². The Morgan fingerprint density at radius 3 is 3.05 bits per heavy atom. The first kappa shape index (κ1) is 15.7. The summed E-state index contributed by atoms with van der Waals surface area (Å²) in [5, 5.41) is 11.0. The Labute approximate surface area is 137 Å². The molecule has 1 N–H and O–H groups in total. The van der Waals surface area contributed by atoms with Gasteiger partial charge in [0.2, 0.25) is 0 Å². The summed E-state index contributed by atoms with van der Waals surface area (Å²) in [4.78, 5) is 8.31. The number of hydrogen-bond donors (Lipinski definition) is 1. The van der Waals surface area contributed by atoms with E-state index in [1.807, 2.05) is 13.2 Å². The Morgan fingerprint density at radius 2 is 2.32 bits per heavy atom. The van der Waals surface area contributed by atoms with Crippen molar-refractivity contribution in [3.8, 4) is 0 Å². The van der Waals surface area contributed by atoms with Gasteiger partial charge in [-0.25, -0.2) is 4.98 Å². The molecule has 1 fully saturated rings. The van der Waals surface area contributed by atoms with Crippen molar-refractivity contribution >= 4 is 22.7 Å². The van der Waals surface area contributed by atoms with Crippen LogP contribution in [0.4, 0.5) is 5.13 Å². The largest absolute Gasteiger partial charge is 0.365 e. The van der Waals surface area contributed by atoms with E-state index < -0.39 is 0 Å². The first-order valence-electron chi connectivity index (χ1n) is 8.40. The molecule has 1 saturated heterocycles. The maximum atomic E-state index is 4.58. The van der Waals surface area contributed by atoms with Crippen molar-refractivity contribution in [3.05, 3.63) is 11.1 Å². The van der Waals surface area contributed by atoms with Crippen molar-refractivity contribution in [1.29, 1.82) is 0 Å². The molecule has 22 heavy (non-hydrogen) atoms. The number of nitrogens with zero attached hydrogens (tertiary/aromatic N) is 4. The predicted molar refractivity (Wildman–Crippen MR) is 93.5 cm³/mol. The summed E-state index contributed by atoms with van der Waals surface area (Å²) in [5.41, 5.74) is 0. The van der Waals surface area contributed by atoms with Crippen LogP contribution in [0.25, 0.3) is 0 Å². The number of piperidine rings is 1. The van der Waals surface area contributed by atoms with Gasteiger partial charge >= 0.3 is 0 Å². The molecule has 0 amide bonds. The van der Waals surface area contributed by atoms with Crippen LogP contribution in [0.5, 0.6) is 0 Å². The number of rotatable bonds is 6. The summed E-state index contributed by atoms with van der Waals surface area (Å²) < 4.78 is 0. The molecule has 5 nitrogen and oxygen atoms in total. The van der Waals surface area contributed by atoms with E-state index in [-0.39, 0.29) is 0 Å². The molecule has 3 heterocycles. The lowest BCUT2D eigenvalue weighted by Crippen LogP contribution is -2.39. The number of hydrazone groups is 1. The maximum Gasteiger partial charge on any atom is 0.182 e. The van der Waals surface area contributed by atoms with E-state index in [4.69, 9.17) is 0 Å². The average Bonchev–Trinajstić information content (AvgIpc) is 3.16. The highest BCUT2D eigenvalue weighted by molar-refractivity contribution is 7.15. The molecule has 1 aromatic rings. The van der Waals surface area contributed by atoms with Crippen molar-refractivity contribution in [2.24, 2.45) is 16.9 Å². The van der Waals surface area contributed by atoms with E-state index in [2.05, 4.69) is 38.4 Å². The first-order valence-corrected chi connectivity index (χ1v) is 9.22. The normalized spacial score (nSPS) is 25.8. The third-order valence-corrected chi connectivity index (χ3v) is 5.63. The quantitative estimate of drug-likeness (QED) is 0.875. The maximum absolute atomic E-state index is 4.58.